The molecule has 0 aromatic carbocycles. The van der Waals surface area contributed by atoms with E-state index in [-0.39, 0.29) is 13.2 Å². The first-order chi connectivity index (χ1) is 6.63. The molecule has 0 spiro atoms. The minimum absolute atomic E-state index is 0.0246. The Morgan fingerprint density at radius 1 is 0.786 bits per heavy atom. The van der Waals surface area contributed by atoms with Gasteiger partial charge in [-0.05, 0) is 0 Å². The van der Waals surface area contributed by atoms with Crippen LogP contribution in [0.4, 0.5) is 17.6 Å². The topological polar surface area (TPSA) is 18.5 Å². The predicted molar refractivity (Wildman–Crippen MR) is 38.0 cm³/mol. The van der Waals surface area contributed by atoms with Crippen LogP contribution in [0.2, 0.25) is 0 Å². The van der Waals surface area contributed by atoms with Gasteiger partial charge in [-0.3, -0.25) is 0 Å². The lowest BCUT2D eigenvalue weighted by molar-refractivity contribution is -0.127. The normalized spacial score (nSPS) is 33.4. The molecule has 0 aromatic heterocycles. The second kappa shape index (κ2) is 3.36. The molecule has 1 fully saturated rings. The summed E-state index contributed by atoms with van der Waals surface area (Å²) in [6, 6.07) is 0. The summed E-state index contributed by atoms with van der Waals surface area (Å²) >= 11 is 0. The molecule has 2 nitrogen and oxygen atoms in total. The number of hydrogen-bond acceptors (Lipinski definition) is 2. The van der Waals surface area contributed by atoms with Gasteiger partial charge in [0.25, 0.3) is 0 Å². The Bertz CT molecular complexity index is 291. The van der Waals surface area contributed by atoms with Crippen molar-refractivity contribution in [2.45, 2.75) is 12.2 Å². The molecule has 0 saturated carbocycles. The SMILES string of the molecule is FC1=C(F)C2OCCOC2C(F)=C1F. The Hall–Kier alpha value is -0.880. The van der Waals surface area contributed by atoms with Gasteiger partial charge in [0.15, 0.2) is 23.3 Å². The molecule has 0 amide bonds. The third-order valence-electron chi connectivity index (χ3n) is 2.06. The highest BCUT2D eigenvalue weighted by molar-refractivity contribution is 5.35. The highest BCUT2D eigenvalue weighted by atomic mass is 19.2. The number of rotatable bonds is 0. The maximum absolute atomic E-state index is 13.0. The van der Waals surface area contributed by atoms with E-state index in [0.717, 1.165) is 0 Å². The van der Waals surface area contributed by atoms with E-state index in [2.05, 4.69) is 0 Å². The van der Waals surface area contributed by atoms with E-state index in [9.17, 15) is 17.6 Å². The van der Waals surface area contributed by atoms with Crippen molar-refractivity contribution in [2.24, 2.45) is 0 Å². The van der Waals surface area contributed by atoms with E-state index in [1.807, 2.05) is 0 Å². The van der Waals surface area contributed by atoms with Crippen molar-refractivity contribution in [1.82, 2.24) is 0 Å². The Morgan fingerprint density at radius 2 is 1.14 bits per heavy atom. The molecule has 1 aliphatic heterocycles. The Balaban J connectivity index is 2.40. The average molecular weight is 210 g/mol. The molecular weight excluding hydrogens is 204 g/mol. The fourth-order valence-electron chi connectivity index (χ4n) is 1.40. The van der Waals surface area contributed by atoms with Crippen molar-refractivity contribution in [2.75, 3.05) is 13.2 Å². The van der Waals surface area contributed by atoms with Gasteiger partial charge in [-0.1, -0.05) is 0 Å². The maximum Gasteiger partial charge on any atom is 0.195 e. The molecule has 2 unspecified atom stereocenters. The molecule has 0 aromatic rings. The fraction of sp³-hybridized carbons (Fsp3) is 0.500. The van der Waals surface area contributed by atoms with Crippen molar-refractivity contribution < 1.29 is 27.0 Å². The first-order valence-corrected chi connectivity index (χ1v) is 3.97. The van der Waals surface area contributed by atoms with Crippen LogP contribution in [-0.2, 0) is 9.47 Å². The highest BCUT2D eigenvalue weighted by Crippen LogP contribution is 2.38. The van der Waals surface area contributed by atoms with Gasteiger partial charge in [-0.15, -0.1) is 0 Å². The Labute approximate surface area is 76.8 Å². The zero-order valence-corrected chi connectivity index (χ0v) is 6.90. The Morgan fingerprint density at radius 3 is 1.50 bits per heavy atom. The Kier molecular flexibility index (Phi) is 2.32. The monoisotopic (exact) mass is 210 g/mol. The molecule has 0 bridgehead atoms. The first-order valence-electron chi connectivity index (χ1n) is 3.97. The summed E-state index contributed by atoms with van der Waals surface area (Å²) in [5.74, 6) is -6.58. The van der Waals surface area contributed by atoms with Gasteiger partial charge in [-0.2, -0.15) is 0 Å². The average Bonchev–Trinajstić information content (AvgIpc) is 2.23. The molecule has 1 aliphatic carbocycles. The number of allylic oxidation sites excluding steroid dienone is 2. The quantitative estimate of drug-likeness (QED) is 0.570. The van der Waals surface area contributed by atoms with Gasteiger partial charge < -0.3 is 9.47 Å². The minimum atomic E-state index is -1.84. The van der Waals surface area contributed by atoms with Crippen LogP contribution in [0.25, 0.3) is 0 Å². The number of fused-ring (bicyclic) bond motifs is 1. The molecule has 78 valence electrons. The van der Waals surface area contributed by atoms with Gasteiger partial charge in [0.05, 0.1) is 13.2 Å². The molecule has 0 N–H and O–H groups in total. The van der Waals surface area contributed by atoms with E-state index in [1.54, 1.807) is 0 Å². The summed E-state index contributed by atoms with van der Waals surface area (Å²) in [6.45, 7) is 0.0491. The van der Waals surface area contributed by atoms with Crippen molar-refractivity contribution in [3.05, 3.63) is 23.3 Å². The maximum atomic E-state index is 13.0. The summed E-state index contributed by atoms with van der Waals surface area (Å²) in [5, 5.41) is 0. The van der Waals surface area contributed by atoms with E-state index in [0.29, 0.717) is 0 Å². The molecule has 0 radical (unpaired) electrons. The van der Waals surface area contributed by atoms with Crippen LogP contribution in [0.3, 0.4) is 0 Å². The van der Waals surface area contributed by atoms with E-state index in [1.165, 1.54) is 0 Å². The van der Waals surface area contributed by atoms with Crippen molar-refractivity contribution in [3.63, 3.8) is 0 Å². The standard InChI is InChI=1S/C8H6F4O2/c9-3-4(10)6(12)8-7(5(3)11)13-1-2-14-8/h7-8H,1-2H2. The number of halogens is 4. The molecule has 2 aliphatic rings. The van der Waals surface area contributed by atoms with Gasteiger partial charge in [0.1, 0.15) is 12.2 Å². The van der Waals surface area contributed by atoms with Crippen LogP contribution in [0.1, 0.15) is 0 Å². The summed E-state index contributed by atoms with van der Waals surface area (Å²) in [7, 11) is 0. The lowest BCUT2D eigenvalue weighted by Crippen LogP contribution is -2.41. The van der Waals surface area contributed by atoms with Gasteiger partial charge in [-0.25, -0.2) is 17.6 Å². The molecule has 2 rings (SSSR count). The lowest BCUT2D eigenvalue weighted by Gasteiger charge is -2.32. The zero-order valence-electron chi connectivity index (χ0n) is 6.90. The first kappa shape index (κ1) is 9.67. The van der Waals surface area contributed by atoms with Gasteiger partial charge >= 0.3 is 0 Å². The summed E-state index contributed by atoms with van der Waals surface area (Å²) < 4.78 is 60.9. The number of hydrogen-bond donors (Lipinski definition) is 0. The van der Waals surface area contributed by atoms with Crippen LogP contribution < -0.4 is 0 Å². The molecule has 2 atom stereocenters. The summed E-state index contributed by atoms with van der Waals surface area (Å²) in [5.41, 5.74) is 0. The third kappa shape index (κ3) is 1.26. The van der Waals surface area contributed by atoms with E-state index >= 15 is 0 Å². The van der Waals surface area contributed by atoms with Crippen molar-refractivity contribution in [3.8, 4) is 0 Å². The zero-order chi connectivity index (χ0) is 10.3. The smallest absolute Gasteiger partial charge is 0.195 e. The van der Waals surface area contributed by atoms with Crippen molar-refractivity contribution >= 4 is 0 Å². The van der Waals surface area contributed by atoms with Crippen LogP contribution in [0, 0.1) is 0 Å². The van der Waals surface area contributed by atoms with Crippen LogP contribution in [0.5, 0.6) is 0 Å². The lowest BCUT2D eigenvalue weighted by atomic mass is 10.0. The van der Waals surface area contributed by atoms with E-state index < -0.39 is 35.5 Å². The second-order valence-electron chi connectivity index (χ2n) is 2.91. The molecule has 1 saturated heterocycles. The second-order valence-corrected chi connectivity index (χ2v) is 2.91. The van der Waals surface area contributed by atoms with Crippen LogP contribution in [-0.4, -0.2) is 25.4 Å². The molecule has 14 heavy (non-hydrogen) atoms. The highest BCUT2D eigenvalue weighted by Gasteiger charge is 2.43. The third-order valence-corrected chi connectivity index (χ3v) is 2.06. The van der Waals surface area contributed by atoms with Gasteiger partial charge in [0.2, 0.25) is 0 Å². The molecular formula is C8H6F4O2. The molecule has 6 heteroatoms. The number of ether oxygens (including phenoxy) is 2. The van der Waals surface area contributed by atoms with Crippen LogP contribution in [0.15, 0.2) is 23.3 Å². The van der Waals surface area contributed by atoms with Crippen molar-refractivity contribution in [1.29, 1.82) is 0 Å². The fourth-order valence-corrected chi connectivity index (χ4v) is 1.40. The van der Waals surface area contributed by atoms with E-state index in [4.69, 9.17) is 9.47 Å². The van der Waals surface area contributed by atoms with Crippen LogP contribution >= 0.6 is 0 Å². The minimum Gasteiger partial charge on any atom is -0.365 e. The summed E-state index contributed by atoms with van der Waals surface area (Å²) in [6.07, 6.45) is -2.99. The predicted octanol–water partition coefficient (Wildman–Crippen LogP) is 2.09. The van der Waals surface area contributed by atoms with Gasteiger partial charge in [0, 0.05) is 0 Å². The summed E-state index contributed by atoms with van der Waals surface area (Å²) in [4.78, 5) is 0. The largest absolute Gasteiger partial charge is 0.365 e. The molecule has 1 heterocycles.